The van der Waals surface area contributed by atoms with E-state index in [0.29, 0.717) is 11.1 Å². The summed E-state index contributed by atoms with van der Waals surface area (Å²) < 4.78 is 7.10. The number of carbonyl (C=O) groups is 1. The Morgan fingerprint density at radius 3 is 2.47 bits per heavy atom. The van der Waals surface area contributed by atoms with Crippen LogP contribution in [0.1, 0.15) is 31.2 Å². The van der Waals surface area contributed by atoms with Gasteiger partial charge in [0.1, 0.15) is 5.75 Å². The Hall–Kier alpha value is -1.90. The van der Waals surface area contributed by atoms with Crippen LogP contribution in [0, 0.1) is 11.8 Å². The lowest BCUT2D eigenvalue weighted by Crippen LogP contribution is -2.53. The van der Waals surface area contributed by atoms with Gasteiger partial charge >= 0.3 is 0 Å². The summed E-state index contributed by atoms with van der Waals surface area (Å²) in [6.07, 6.45) is 4.84. The first-order valence-electron chi connectivity index (χ1n) is 11.5. The fourth-order valence-electron chi connectivity index (χ4n) is 4.67. The molecule has 2 heterocycles. The molecule has 1 saturated heterocycles. The van der Waals surface area contributed by atoms with Gasteiger partial charge in [0.05, 0.1) is 16.1 Å². The van der Waals surface area contributed by atoms with Crippen LogP contribution in [-0.2, 0) is 11.2 Å². The predicted octanol–water partition coefficient (Wildman–Crippen LogP) is 4.70. The van der Waals surface area contributed by atoms with Crippen LogP contribution in [0.2, 0.25) is 0 Å². The molecule has 0 radical (unpaired) electrons. The van der Waals surface area contributed by atoms with Gasteiger partial charge in [0.2, 0.25) is 5.91 Å². The van der Waals surface area contributed by atoms with Gasteiger partial charge < -0.3 is 21.1 Å². The Balaban J connectivity index is 0.00000162. The molecule has 3 aromatic rings. The van der Waals surface area contributed by atoms with E-state index >= 15 is 0 Å². The van der Waals surface area contributed by atoms with Crippen LogP contribution in [0.15, 0.2) is 48.5 Å². The zero-order chi connectivity index (χ0) is 21.9. The maximum atomic E-state index is 12.8. The van der Waals surface area contributed by atoms with Crippen molar-refractivity contribution in [2.45, 2.75) is 44.2 Å². The summed E-state index contributed by atoms with van der Waals surface area (Å²) in [5, 5.41) is 7.42. The van der Waals surface area contributed by atoms with Gasteiger partial charge in [-0.15, -0.1) is 24.8 Å². The van der Waals surface area contributed by atoms with E-state index in [4.69, 9.17) is 10.5 Å². The number of benzene rings is 2. The van der Waals surface area contributed by atoms with E-state index in [1.165, 1.54) is 5.56 Å². The number of carbonyl (C=O) groups excluding carboxylic acids is 1. The minimum Gasteiger partial charge on any atom is -0.431 e. The third-order valence-corrected chi connectivity index (χ3v) is 7.72. The Morgan fingerprint density at radius 2 is 1.82 bits per heavy atom. The summed E-state index contributed by atoms with van der Waals surface area (Å²) in [6, 6.07) is 16.4. The second-order valence-corrected chi connectivity index (χ2v) is 9.94. The van der Waals surface area contributed by atoms with Gasteiger partial charge in [-0.3, -0.25) is 4.79 Å². The Kier molecular flexibility index (Phi) is 9.56. The molecule has 2 aromatic carbocycles. The fraction of sp³-hybridized carbons (Fsp3) is 0.440. The predicted molar refractivity (Wildman–Crippen MR) is 143 cm³/mol. The van der Waals surface area contributed by atoms with E-state index in [9.17, 15) is 4.79 Å². The van der Waals surface area contributed by atoms with Crippen LogP contribution >= 0.6 is 36.2 Å². The van der Waals surface area contributed by atoms with Gasteiger partial charge in [-0.25, -0.2) is 4.98 Å². The van der Waals surface area contributed by atoms with E-state index in [2.05, 4.69) is 33.8 Å². The molecular formula is C25H32Cl2N4O2S. The molecule has 2 aliphatic rings. The highest BCUT2D eigenvalue weighted by molar-refractivity contribution is 7.20. The largest absolute Gasteiger partial charge is 0.431 e. The van der Waals surface area contributed by atoms with Gasteiger partial charge in [0.25, 0.3) is 5.19 Å². The first kappa shape index (κ1) is 26.7. The average Bonchev–Trinajstić information content (AvgIpc) is 3.21. The van der Waals surface area contributed by atoms with Crippen LogP contribution in [0.4, 0.5) is 0 Å². The summed E-state index contributed by atoms with van der Waals surface area (Å²) in [7, 11) is 0. The van der Waals surface area contributed by atoms with Crippen molar-refractivity contribution in [3.8, 4) is 10.9 Å². The quantitative estimate of drug-likeness (QED) is 0.418. The highest BCUT2D eigenvalue weighted by Crippen LogP contribution is 2.32. The normalized spacial score (nSPS) is 21.0. The topological polar surface area (TPSA) is 89.3 Å². The summed E-state index contributed by atoms with van der Waals surface area (Å²) in [6.45, 7) is 2.02. The molecule has 0 bridgehead atoms. The lowest BCUT2D eigenvalue weighted by atomic mass is 9.78. The summed E-state index contributed by atoms with van der Waals surface area (Å²) in [5.41, 5.74) is 8.20. The van der Waals surface area contributed by atoms with Crippen molar-refractivity contribution in [1.29, 1.82) is 0 Å². The molecule has 3 atom stereocenters. The number of thiazole rings is 1. The minimum atomic E-state index is -0.0243. The number of ether oxygens (including phenoxy) is 1. The number of fused-ring (bicyclic) bond motifs is 1. The fourth-order valence-corrected chi connectivity index (χ4v) is 5.50. The Labute approximate surface area is 216 Å². The molecule has 3 unspecified atom stereocenters. The van der Waals surface area contributed by atoms with Crippen LogP contribution in [-0.4, -0.2) is 36.1 Å². The molecule has 1 saturated carbocycles. The maximum Gasteiger partial charge on any atom is 0.279 e. The zero-order valence-electron chi connectivity index (χ0n) is 18.9. The highest BCUT2D eigenvalue weighted by atomic mass is 35.5. The highest BCUT2D eigenvalue weighted by Gasteiger charge is 2.36. The van der Waals surface area contributed by atoms with Crippen LogP contribution in [0.25, 0.3) is 10.2 Å². The van der Waals surface area contributed by atoms with Crippen molar-refractivity contribution in [3.63, 3.8) is 0 Å². The van der Waals surface area contributed by atoms with Crippen molar-refractivity contribution in [2.75, 3.05) is 13.1 Å². The van der Waals surface area contributed by atoms with Crippen LogP contribution in [0.3, 0.4) is 0 Å². The average molecular weight is 524 g/mol. The van der Waals surface area contributed by atoms with Crippen LogP contribution < -0.4 is 21.1 Å². The second kappa shape index (κ2) is 12.2. The molecule has 2 fully saturated rings. The molecule has 0 spiro atoms. The molecule has 6 nitrogen and oxygen atoms in total. The van der Waals surface area contributed by atoms with Crippen molar-refractivity contribution in [2.24, 2.45) is 17.6 Å². The molecule has 1 aromatic heterocycles. The van der Waals surface area contributed by atoms with E-state index in [1.54, 1.807) is 11.3 Å². The number of nitrogens with one attached hydrogen (secondary N) is 2. The van der Waals surface area contributed by atoms with E-state index in [0.717, 1.165) is 61.2 Å². The lowest BCUT2D eigenvalue weighted by Gasteiger charge is -2.36. The third-order valence-electron chi connectivity index (χ3n) is 6.80. The molecule has 1 aliphatic carbocycles. The lowest BCUT2D eigenvalue weighted by molar-refractivity contribution is -0.129. The number of halogens is 2. The molecule has 4 N–H and O–H groups in total. The number of para-hydroxylation sites is 1. The van der Waals surface area contributed by atoms with Gasteiger partial charge in [0, 0.05) is 12.1 Å². The van der Waals surface area contributed by atoms with Gasteiger partial charge in [-0.2, -0.15) is 0 Å². The third kappa shape index (κ3) is 6.20. The molecule has 1 aliphatic heterocycles. The molecule has 5 rings (SSSR count). The number of hydrogen-bond acceptors (Lipinski definition) is 6. The number of piperidine rings is 1. The zero-order valence-corrected chi connectivity index (χ0v) is 21.4. The Morgan fingerprint density at radius 1 is 1.09 bits per heavy atom. The van der Waals surface area contributed by atoms with E-state index in [1.807, 2.05) is 30.3 Å². The molecule has 1 amide bonds. The number of amides is 1. The van der Waals surface area contributed by atoms with E-state index in [-0.39, 0.29) is 48.7 Å². The first-order valence-corrected chi connectivity index (χ1v) is 12.4. The molecule has 9 heteroatoms. The molecule has 34 heavy (non-hydrogen) atoms. The maximum absolute atomic E-state index is 12.8. The molecular weight excluding hydrogens is 491 g/mol. The molecule has 184 valence electrons. The number of hydrogen-bond donors (Lipinski definition) is 3. The smallest absolute Gasteiger partial charge is 0.279 e. The van der Waals surface area contributed by atoms with E-state index < -0.39 is 0 Å². The van der Waals surface area contributed by atoms with Crippen molar-refractivity contribution >= 4 is 52.3 Å². The standard InChI is InChI=1S/C25H30N4O2S.2ClH/c26-20-10-9-19(20)24(30)28-22(17-11-13-27-14-12-17)15-16-5-7-18(8-6-16)31-25-29-21-3-1-2-4-23(21)32-25;;/h1-8,17,19-20,22,27H,9-15,26H2,(H,28,30);2*1H. The van der Waals surface area contributed by atoms with Crippen molar-refractivity contribution in [3.05, 3.63) is 54.1 Å². The monoisotopic (exact) mass is 522 g/mol. The number of rotatable bonds is 7. The SMILES string of the molecule is Cl.Cl.NC1CCC1C(=O)NC(Cc1ccc(Oc2nc3ccccc3s2)cc1)C1CCNCC1. The Bertz CT molecular complexity index is 1040. The van der Waals surface area contributed by atoms with Gasteiger partial charge in [-0.1, -0.05) is 35.6 Å². The second-order valence-electron chi connectivity index (χ2n) is 8.95. The van der Waals surface area contributed by atoms with Crippen molar-refractivity contribution in [1.82, 2.24) is 15.6 Å². The summed E-state index contributed by atoms with van der Waals surface area (Å²) in [4.78, 5) is 17.3. The first-order chi connectivity index (χ1) is 15.7. The number of aromatic nitrogens is 1. The summed E-state index contributed by atoms with van der Waals surface area (Å²) in [5.74, 6) is 1.36. The van der Waals surface area contributed by atoms with Gasteiger partial charge in [-0.05, 0) is 80.9 Å². The summed E-state index contributed by atoms with van der Waals surface area (Å²) >= 11 is 1.55. The number of nitrogens with zero attached hydrogens (tertiary/aromatic N) is 1. The number of nitrogens with two attached hydrogens (primary N) is 1. The van der Waals surface area contributed by atoms with Crippen LogP contribution in [0.5, 0.6) is 10.9 Å². The van der Waals surface area contributed by atoms with Crippen molar-refractivity contribution < 1.29 is 9.53 Å². The van der Waals surface area contributed by atoms with Gasteiger partial charge in [0.15, 0.2) is 0 Å². The minimum absolute atomic E-state index is 0.